The molecule has 1 aromatic heterocycles. The molecule has 2 N–H and O–H groups in total. The molecule has 0 saturated heterocycles. The second kappa shape index (κ2) is 8.54. The van der Waals surface area contributed by atoms with Crippen molar-refractivity contribution in [2.24, 2.45) is 0 Å². The Morgan fingerprint density at radius 1 is 0.897 bits per heavy atom. The monoisotopic (exact) mass is 473 g/mol. The first-order valence-electron chi connectivity index (χ1n) is 8.37. The Balaban J connectivity index is 1.75. The van der Waals surface area contributed by atoms with Crippen LogP contribution >= 0.6 is 15.9 Å². The lowest BCUT2D eigenvalue weighted by Crippen LogP contribution is -2.15. The smallest absolute Gasteiger partial charge is 0.256 e. The number of rotatable bonds is 5. The van der Waals surface area contributed by atoms with Crippen molar-refractivity contribution >= 4 is 49.1 Å². The second-order valence-electron chi connectivity index (χ2n) is 6.15. The first kappa shape index (κ1) is 20.7. The van der Waals surface area contributed by atoms with E-state index < -0.39 is 15.7 Å². The van der Waals surface area contributed by atoms with E-state index in [0.29, 0.717) is 17.1 Å². The molecule has 0 fully saturated rings. The number of nitrogens with one attached hydrogen (secondary N) is 2. The highest BCUT2D eigenvalue weighted by Gasteiger charge is 2.13. The maximum Gasteiger partial charge on any atom is 0.256 e. The van der Waals surface area contributed by atoms with Crippen molar-refractivity contribution in [3.8, 4) is 0 Å². The van der Waals surface area contributed by atoms with Gasteiger partial charge in [-0.25, -0.2) is 13.4 Å². The van der Waals surface area contributed by atoms with E-state index in [2.05, 4.69) is 31.5 Å². The lowest BCUT2D eigenvalue weighted by atomic mass is 10.1. The first-order valence-corrected chi connectivity index (χ1v) is 11.1. The summed E-state index contributed by atoms with van der Waals surface area (Å²) in [6.45, 7) is 0. The molecular weight excluding hydrogens is 458 g/mol. The number of benzene rings is 2. The fourth-order valence-electron chi connectivity index (χ4n) is 2.45. The minimum Gasteiger partial charge on any atom is -0.322 e. The van der Waals surface area contributed by atoms with E-state index >= 15 is 0 Å². The predicted molar refractivity (Wildman–Crippen MR) is 114 cm³/mol. The van der Waals surface area contributed by atoms with Gasteiger partial charge in [0.25, 0.3) is 11.8 Å². The van der Waals surface area contributed by atoms with Crippen LogP contribution in [0.1, 0.15) is 20.7 Å². The van der Waals surface area contributed by atoms with Gasteiger partial charge < -0.3 is 10.6 Å². The van der Waals surface area contributed by atoms with Gasteiger partial charge in [0.1, 0.15) is 5.82 Å². The van der Waals surface area contributed by atoms with Gasteiger partial charge in [-0.1, -0.05) is 12.1 Å². The van der Waals surface area contributed by atoms with Crippen LogP contribution in [0.2, 0.25) is 0 Å². The number of carbonyl (C=O) groups excluding carboxylic acids is 2. The van der Waals surface area contributed by atoms with Gasteiger partial charge in [0.15, 0.2) is 9.84 Å². The molecule has 2 aromatic carbocycles. The lowest BCUT2D eigenvalue weighted by Gasteiger charge is -2.09. The van der Waals surface area contributed by atoms with Crippen LogP contribution in [-0.2, 0) is 9.84 Å². The Bertz CT molecular complexity index is 1180. The van der Waals surface area contributed by atoms with Gasteiger partial charge in [0, 0.05) is 33.7 Å². The van der Waals surface area contributed by atoms with E-state index in [0.717, 1.165) is 10.7 Å². The van der Waals surface area contributed by atoms with Gasteiger partial charge in [-0.05, 0) is 64.5 Å². The van der Waals surface area contributed by atoms with Crippen LogP contribution < -0.4 is 10.6 Å². The number of aromatic nitrogens is 1. The van der Waals surface area contributed by atoms with Gasteiger partial charge in [-0.3, -0.25) is 9.59 Å². The molecular formula is C20H16BrN3O4S. The van der Waals surface area contributed by atoms with E-state index in [1.807, 2.05) is 0 Å². The van der Waals surface area contributed by atoms with Crippen molar-refractivity contribution in [2.45, 2.75) is 4.90 Å². The van der Waals surface area contributed by atoms with Crippen LogP contribution in [0.5, 0.6) is 0 Å². The Morgan fingerprint density at radius 2 is 1.55 bits per heavy atom. The summed E-state index contributed by atoms with van der Waals surface area (Å²) in [4.78, 5) is 29.0. The van der Waals surface area contributed by atoms with Gasteiger partial charge in [0.05, 0.1) is 4.90 Å². The van der Waals surface area contributed by atoms with Crippen molar-refractivity contribution in [3.63, 3.8) is 0 Å². The molecule has 0 spiro atoms. The molecule has 0 aliphatic heterocycles. The molecule has 9 heteroatoms. The standard InChI is InChI=1S/C20H16BrN3O4S/c1-29(27,28)17-7-3-5-14(11-17)19(25)23-16-6-2-4-13(10-16)20(26)24-18-9-8-15(21)12-22-18/h2-12H,1H3,(H,23,25)(H,22,24,26). The molecule has 0 saturated carbocycles. The quantitative estimate of drug-likeness (QED) is 0.586. The molecule has 7 nitrogen and oxygen atoms in total. The average molecular weight is 474 g/mol. The van der Waals surface area contributed by atoms with Gasteiger partial charge in [-0.15, -0.1) is 0 Å². The fraction of sp³-hybridized carbons (Fsp3) is 0.0500. The van der Waals surface area contributed by atoms with Crippen molar-refractivity contribution < 1.29 is 18.0 Å². The maximum atomic E-state index is 12.5. The minimum atomic E-state index is -3.42. The SMILES string of the molecule is CS(=O)(=O)c1cccc(C(=O)Nc2cccc(C(=O)Nc3ccc(Br)cn3)c2)c1. The van der Waals surface area contributed by atoms with E-state index in [4.69, 9.17) is 0 Å². The Hall–Kier alpha value is -3.04. The Morgan fingerprint density at radius 3 is 2.21 bits per heavy atom. The maximum absolute atomic E-state index is 12.5. The molecule has 0 unspecified atom stereocenters. The molecule has 2 amide bonds. The summed E-state index contributed by atoms with van der Waals surface area (Å²) in [5, 5.41) is 5.34. The fourth-order valence-corrected chi connectivity index (χ4v) is 3.35. The number of sulfone groups is 1. The summed E-state index contributed by atoms with van der Waals surface area (Å²) in [7, 11) is -3.42. The van der Waals surface area contributed by atoms with Crippen LogP contribution in [0, 0.1) is 0 Å². The van der Waals surface area contributed by atoms with Crippen molar-refractivity contribution in [2.75, 3.05) is 16.9 Å². The van der Waals surface area contributed by atoms with E-state index in [1.54, 1.807) is 36.5 Å². The zero-order chi connectivity index (χ0) is 21.0. The number of amides is 2. The summed E-state index contributed by atoms with van der Waals surface area (Å²) in [5.74, 6) is -0.470. The third-order valence-electron chi connectivity index (χ3n) is 3.88. The number of hydrogen-bond acceptors (Lipinski definition) is 5. The molecule has 0 bridgehead atoms. The molecule has 1 heterocycles. The highest BCUT2D eigenvalue weighted by atomic mass is 79.9. The highest BCUT2D eigenvalue weighted by molar-refractivity contribution is 9.10. The van der Waals surface area contributed by atoms with Gasteiger partial charge in [0.2, 0.25) is 0 Å². The third kappa shape index (κ3) is 5.49. The first-order chi connectivity index (χ1) is 13.7. The van der Waals surface area contributed by atoms with Crippen LogP contribution in [0.15, 0.2) is 76.2 Å². The molecule has 3 aromatic rings. The summed E-state index contributed by atoms with van der Waals surface area (Å²) in [6, 6.07) is 15.5. The van der Waals surface area contributed by atoms with Crippen molar-refractivity contribution in [3.05, 3.63) is 82.5 Å². The van der Waals surface area contributed by atoms with Gasteiger partial charge in [-0.2, -0.15) is 0 Å². The normalized spacial score (nSPS) is 11.0. The lowest BCUT2D eigenvalue weighted by molar-refractivity contribution is 0.101. The molecule has 3 rings (SSSR count). The number of halogens is 1. The molecule has 0 aliphatic rings. The summed E-state index contributed by atoms with van der Waals surface area (Å²) < 4.78 is 24.1. The molecule has 0 aliphatic carbocycles. The second-order valence-corrected chi connectivity index (χ2v) is 9.08. The predicted octanol–water partition coefficient (Wildman–Crippen LogP) is 3.75. The minimum absolute atomic E-state index is 0.0558. The zero-order valence-corrected chi connectivity index (χ0v) is 17.6. The Labute approximate surface area is 176 Å². The molecule has 29 heavy (non-hydrogen) atoms. The molecule has 0 atom stereocenters. The average Bonchev–Trinajstić information content (AvgIpc) is 2.69. The topological polar surface area (TPSA) is 105 Å². The van der Waals surface area contributed by atoms with Gasteiger partial charge >= 0.3 is 0 Å². The Kier molecular flexibility index (Phi) is 6.09. The zero-order valence-electron chi connectivity index (χ0n) is 15.2. The number of carbonyl (C=O) groups is 2. The largest absolute Gasteiger partial charge is 0.322 e. The summed E-state index contributed by atoms with van der Waals surface area (Å²) >= 11 is 3.27. The van der Waals surface area contributed by atoms with Crippen LogP contribution in [0.4, 0.5) is 11.5 Å². The van der Waals surface area contributed by atoms with Crippen LogP contribution in [0.3, 0.4) is 0 Å². The van der Waals surface area contributed by atoms with Crippen LogP contribution in [0.25, 0.3) is 0 Å². The van der Waals surface area contributed by atoms with E-state index in [1.165, 1.54) is 30.3 Å². The summed E-state index contributed by atoms with van der Waals surface area (Å²) in [6.07, 6.45) is 2.64. The number of hydrogen-bond donors (Lipinski definition) is 2. The highest BCUT2D eigenvalue weighted by Crippen LogP contribution is 2.17. The number of anilines is 2. The molecule has 0 radical (unpaired) electrons. The number of pyridine rings is 1. The van der Waals surface area contributed by atoms with E-state index in [-0.39, 0.29) is 16.4 Å². The van der Waals surface area contributed by atoms with Crippen molar-refractivity contribution in [1.82, 2.24) is 4.98 Å². The van der Waals surface area contributed by atoms with Crippen LogP contribution in [-0.4, -0.2) is 31.5 Å². The molecule has 148 valence electrons. The van der Waals surface area contributed by atoms with E-state index in [9.17, 15) is 18.0 Å². The summed E-state index contributed by atoms with van der Waals surface area (Å²) in [5.41, 5.74) is 0.926. The van der Waals surface area contributed by atoms with Crippen molar-refractivity contribution in [1.29, 1.82) is 0 Å². The number of nitrogens with zero attached hydrogens (tertiary/aromatic N) is 1. The third-order valence-corrected chi connectivity index (χ3v) is 5.46.